The number of hydrogen-bond donors (Lipinski definition) is 1. The highest BCUT2D eigenvalue weighted by atomic mass is 79.9. The van der Waals surface area contributed by atoms with Crippen molar-refractivity contribution < 1.29 is 4.79 Å². The minimum Gasteiger partial charge on any atom is -0.353 e. The average Bonchev–Trinajstić information content (AvgIpc) is 2.36. The Hall–Kier alpha value is -1.36. The SMILES string of the molecule is CCN(CC)/C(=N\Nc1ccc(Br)cc1)C(C)=O. The van der Waals surface area contributed by atoms with Crippen molar-refractivity contribution in [2.75, 3.05) is 18.5 Å². The van der Waals surface area contributed by atoms with Crippen LogP contribution in [0, 0.1) is 0 Å². The van der Waals surface area contributed by atoms with Gasteiger partial charge in [-0.05, 0) is 38.1 Å². The van der Waals surface area contributed by atoms with Gasteiger partial charge in [-0.25, -0.2) is 0 Å². The smallest absolute Gasteiger partial charge is 0.196 e. The number of likely N-dealkylation sites (N-methyl/N-ethyl adjacent to an activating group) is 1. The van der Waals surface area contributed by atoms with Gasteiger partial charge in [-0.2, -0.15) is 5.10 Å². The number of anilines is 1. The topological polar surface area (TPSA) is 44.7 Å². The number of benzene rings is 1. The van der Waals surface area contributed by atoms with Gasteiger partial charge >= 0.3 is 0 Å². The number of amidine groups is 1. The monoisotopic (exact) mass is 311 g/mol. The van der Waals surface area contributed by atoms with Crippen LogP contribution in [-0.2, 0) is 4.79 Å². The molecule has 0 atom stereocenters. The van der Waals surface area contributed by atoms with Crippen LogP contribution in [0.5, 0.6) is 0 Å². The third-order valence-corrected chi connectivity index (χ3v) is 3.04. The molecule has 1 N–H and O–H groups in total. The second kappa shape index (κ2) is 7.16. The molecule has 0 bridgehead atoms. The second-order valence-electron chi connectivity index (χ2n) is 3.78. The zero-order valence-corrected chi connectivity index (χ0v) is 12.5. The molecule has 1 aromatic carbocycles. The van der Waals surface area contributed by atoms with Crippen molar-refractivity contribution >= 4 is 33.2 Å². The molecular weight excluding hydrogens is 294 g/mol. The quantitative estimate of drug-likeness (QED) is 0.516. The Kier molecular flexibility index (Phi) is 5.85. The first kappa shape index (κ1) is 14.7. The van der Waals surface area contributed by atoms with Crippen molar-refractivity contribution in [3.63, 3.8) is 0 Å². The maximum atomic E-state index is 11.6. The largest absolute Gasteiger partial charge is 0.353 e. The van der Waals surface area contributed by atoms with E-state index in [0.717, 1.165) is 23.2 Å². The molecule has 1 aromatic rings. The molecule has 5 heteroatoms. The minimum absolute atomic E-state index is 0.0386. The number of hydrogen-bond acceptors (Lipinski definition) is 3. The van der Waals surface area contributed by atoms with E-state index in [-0.39, 0.29) is 5.78 Å². The molecule has 0 spiro atoms. The lowest BCUT2D eigenvalue weighted by Crippen LogP contribution is -2.36. The fourth-order valence-electron chi connectivity index (χ4n) is 1.54. The van der Waals surface area contributed by atoms with Crippen molar-refractivity contribution in [1.82, 2.24) is 4.90 Å². The summed E-state index contributed by atoms with van der Waals surface area (Å²) >= 11 is 3.37. The highest BCUT2D eigenvalue weighted by Gasteiger charge is 2.12. The van der Waals surface area contributed by atoms with Gasteiger partial charge in [0.2, 0.25) is 0 Å². The van der Waals surface area contributed by atoms with Crippen molar-refractivity contribution in [3.05, 3.63) is 28.7 Å². The van der Waals surface area contributed by atoms with E-state index in [0.29, 0.717) is 5.84 Å². The Balaban J connectivity index is 2.83. The van der Waals surface area contributed by atoms with Crippen molar-refractivity contribution in [3.8, 4) is 0 Å². The first-order chi connectivity index (χ1) is 8.58. The molecule has 0 unspecified atom stereocenters. The van der Waals surface area contributed by atoms with Gasteiger partial charge in [-0.1, -0.05) is 15.9 Å². The van der Waals surface area contributed by atoms with Gasteiger partial charge in [0.15, 0.2) is 11.6 Å². The number of ketones is 1. The summed E-state index contributed by atoms with van der Waals surface area (Å²) in [5, 5.41) is 4.19. The van der Waals surface area contributed by atoms with E-state index in [1.807, 2.05) is 43.0 Å². The lowest BCUT2D eigenvalue weighted by molar-refractivity contribution is -0.111. The number of carbonyl (C=O) groups is 1. The Bertz CT molecular complexity index is 424. The van der Waals surface area contributed by atoms with Crippen LogP contribution < -0.4 is 5.43 Å². The van der Waals surface area contributed by atoms with E-state index in [1.54, 1.807) is 0 Å². The van der Waals surface area contributed by atoms with E-state index in [1.165, 1.54) is 6.92 Å². The van der Waals surface area contributed by atoms with Gasteiger partial charge < -0.3 is 4.90 Å². The molecule has 0 aliphatic carbocycles. The van der Waals surface area contributed by atoms with E-state index in [2.05, 4.69) is 26.5 Å². The fourth-order valence-corrected chi connectivity index (χ4v) is 1.80. The van der Waals surface area contributed by atoms with Crippen LogP contribution in [-0.4, -0.2) is 29.6 Å². The predicted octanol–water partition coefficient (Wildman–Crippen LogP) is 3.11. The molecule has 0 aliphatic rings. The first-order valence-corrected chi connectivity index (χ1v) is 6.72. The molecule has 0 amide bonds. The molecule has 1 rings (SSSR count). The number of rotatable bonds is 5. The van der Waals surface area contributed by atoms with E-state index < -0.39 is 0 Å². The molecule has 0 heterocycles. The maximum absolute atomic E-state index is 11.6. The molecule has 0 saturated heterocycles. The van der Waals surface area contributed by atoms with Crippen molar-refractivity contribution in [1.29, 1.82) is 0 Å². The number of carbonyl (C=O) groups excluding carboxylic acids is 1. The minimum atomic E-state index is -0.0386. The number of halogens is 1. The maximum Gasteiger partial charge on any atom is 0.196 e. The molecule has 18 heavy (non-hydrogen) atoms. The first-order valence-electron chi connectivity index (χ1n) is 5.93. The van der Waals surface area contributed by atoms with Crippen molar-refractivity contribution in [2.24, 2.45) is 5.10 Å². The van der Waals surface area contributed by atoms with Crippen LogP contribution >= 0.6 is 15.9 Å². The Morgan fingerprint density at radius 2 is 1.83 bits per heavy atom. The molecule has 98 valence electrons. The molecule has 0 aromatic heterocycles. The lowest BCUT2D eigenvalue weighted by atomic mass is 10.3. The van der Waals surface area contributed by atoms with Crippen LogP contribution in [0.3, 0.4) is 0 Å². The Labute approximate surface area is 116 Å². The predicted molar refractivity (Wildman–Crippen MR) is 78.8 cm³/mol. The van der Waals surface area contributed by atoms with Crippen LogP contribution in [0.4, 0.5) is 5.69 Å². The van der Waals surface area contributed by atoms with Crippen LogP contribution in [0.15, 0.2) is 33.8 Å². The van der Waals surface area contributed by atoms with Crippen LogP contribution in [0.2, 0.25) is 0 Å². The Morgan fingerprint density at radius 1 is 1.28 bits per heavy atom. The summed E-state index contributed by atoms with van der Waals surface area (Å²) in [5.41, 5.74) is 3.76. The summed E-state index contributed by atoms with van der Waals surface area (Å²) in [7, 11) is 0. The van der Waals surface area contributed by atoms with Crippen LogP contribution in [0.25, 0.3) is 0 Å². The van der Waals surface area contributed by atoms with Gasteiger partial charge in [0.1, 0.15) is 0 Å². The van der Waals surface area contributed by atoms with Crippen molar-refractivity contribution in [2.45, 2.75) is 20.8 Å². The van der Waals surface area contributed by atoms with Gasteiger partial charge in [0.25, 0.3) is 0 Å². The summed E-state index contributed by atoms with van der Waals surface area (Å²) in [4.78, 5) is 13.5. The van der Waals surface area contributed by atoms with E-state index in [4.69, 9.17) is 0 Å². The molecule has 0 saturated carbocycles. The number of Topliss-reactive ketones (excluding diaryl/α,β-unsaturated/α-hetero) is 1. The molecule has 0 fully saturated rings. The standard InChI is InChI=1S/C13H18BrN3O/c1-4-17(5-2)13(10(3)18)16-15-12-8-6-11(14)7-9-12/h6-9,15H,4-5H2,1-3H3/b16-13-. The van der Waals surface area contributed by atoms with Crippen LogP contribution in [0.1, 0.15) is 20.8 Å². The van der Waals surface area contributed by atoms with Gasteiger partial charge in [-0.3, -0.25) is 10.2 Å². The number of hydrazone groups is 1. The normalized spacial score (nSPS) is 11.2. The summed E-state index contributed by atoms with van der Waals surface area (Å²) in [6, 6.07) is 7.63. The highest BCUT2D eigenvalue weighted by molar-refractivity contribution is 9.10. The average molecular weight is 312 g/mol. The Morgan fingerprint density at radius 3 is 2.28 bits per heavy atom. The number of nitrogens with one attached hydrogen (secondary N) is 1. The molecule has 0 radical (unpaired) electrons. The third kappa shape index (κ3) is 4.14. The van der Waals surface area contributed by atoms with E-state index in [9.17, 15) is 4.79 Å². The van der Waals surface area contributed by atoms with E-state index >= 15 is 0 Å². The summed E-state index contributed by atoms with van der Waals surface area (Å²) in [6.45, 7) is 7.05. The highest BCUT2D eigenvalue weighted by Crippen LogP contribution is 2.14. The molecular formula is C13H18BrN3O. The second-order valence-corrected chi connectivity index (χ2v) is 4.70. The fraction of sp³-hybridized carbons (Fsp3) is 0.385. The molecule has 0 aliphatic heterocycles. The third-order valence-electron chi connectivity index (χ3n) is 2.51. The van der Waals surface area contributed by atoms with Gasteiger partial charge in [0.05, 0.1) is 5.69 Å². The zero-order valence-electron chi connectivity index (χ0n) is 10.9. The molecule has 4 nitrogen and oxygen atoms in total. The lowest BCUT2D eigenvalue weighted by Gasteiger charge is -2.20. The summed E-state index contributed by atoms with van der Waals surface area (Å²) in [5.74, 6) is 0.422. The van der Waals surface area contributed by atoms with Gasteiger partial charge in [0, 0.05) is 24.5 Å². The zero-order chi connectivity index (χ0) is 13.5. The number of nitrogens with zero attached hydrogens (tertiary/aromatic N) is 2. The summed E-state index contributed by atoms with van der Waals surface area (Å²) in [6.07, 6.45) is 0. The van der Waals surface area contributed by atoms with Gasteiger partial charge in [-0.15, -0.1) is 0 Å². The summed E-state index contributed by atoms with van der Waals surface area (Å²) < 4.78 is 1.01.